The van der Waals surface area contributed by atoms with Crippen LogP contribution in [0.25, 0.3) is 0 Å². The third-order valence-electron chi connectivity index (χ3n) is 4.86. The average Bonchev–Trinajstić information content (AvgIpc) is 3.02. The van der Waals surface area contributed by atoms with E-state index in [1.165, 1.54) is 9.69 Å². The van der Waals surface area contributed by atoms with Gasteiger partial charge in [0.15, 0.2) is 5.71 Å². The van der Waals surface area contributed by atoms with Crippen molar-refractivity contribution in [1.82, 2.24) is 5.01 Å². The number of pyridine rings is 1. The normalized spacial score (nSPS) is 13.9. The Bertz CT molecular complexity index is 1260. The van der Waals surface area contributed by atoms with Crippen LogP contribution in [0, 0.1) is 6.92 Å². The lowest BCUT2D eigenvalue weighted by atomic mass is 10.1. The van der Waals surface area contributed by atoms with Crippen molar-refractivity contribution >= 4 is 17.5 Å². The quantitative estimate of drug-likeness (QED) is 0.368. The molecule has 0 radical (unpaired) electrons. The molecule has 0 bridgehead atoms. The number of allylic oxidation sites excluding steroid dienone is 3. The molecule has 1 amide bonds. The molecule has 6 nitrogen and oxygen atoms in total. The van der Waals surface area contributed by atoms with Crippen molar-refractivity contribution in [3.63, 3.8) is 0 Å². The molecular weight excluding hydrogens is 400 g/mol. The highest BCUT2D eigenvalue weighted by atomic mass is 16.3. The number of rotatable bonds is 4. The Morgan fingerprint density at radius 3 is 2.31 bits per heavy atom. The molecule has 6 heteroatoms. The van der Waals surface area contributed by atoms with Crippen LogP contribution in [0.1, 0.15) is 34.1 Å². The zero-order valence-electron chi connectivity index (χ0n) is 17.8. The summed E-state index contributed by atoms with van der Waals surface area (Å²) in [6.45, 7) is 3.88. The predicted molar refractivity (Wildman–Crippen MR) is 122 cm³/mol. The van der Waals surface area contributed by atoms with Gasteiger partial charge in [0.2, 0.25) is 6.20 Å². The van der Waals surface area contributed by atoms with Crippen LogP contribution in [-0.4, -0.2) is 22.5 Å². The molecule has 0 fully saturated rings. The summed E-state index contributed by atoms with van der Waals surface area (Å²) in [5.74, 6) is -0.620. The Morgan fingerprint density at radius 1 is 0.969 bits per heavy atom. The first kappa shape index (κ1) is 20.9. The fraction of sp³-hybridized carbons (Fsp3) is 0.0769. The van der Waals surface area contributed by atoms with E-state index in [1.807, 2.05) is 62.4 Å². The maximum Gasteiger partial charge on any atom is 0.278 e. The van der Waals surface area contributed by atoms with Crippen LogP contribution in [0.3, 0.4) is 0 Å². The first-order valence-electron chi connectivity index (χ1n) is 10.2. The van der Waals surface area contributed by atoms with Crippen molar-refractivity contribution in [2.45, 2.75) is 13.8 Å². The van der Waals surface area contributed by atoms with Crippen LogP contribution in [-0.2, 0) is 0 Å². The van der Waals surface area contributed by atoms with Gasteiger partial charge in [-0.05, 0) is 59.9 Å². The summed E-state index contributed by atoms with van der Waals surface area (Å²) in [7, 11) is 0. The second-order valence-corrected chi connectivity index (χ2v) is 7.41. The Hall–Kier alpha value is -4.32. The van der Waals surface area contributed by atoms with E-state index in [0.29, 0.717) is 22.5 Å². The van der Waals surface area contributed by atoms with Crippen LogP contribution in [0.15, 0.2) is 113 Å². The Morgan fingerprint density at radius 2 is 1.62 bits per heavy atom. The second-order valence-electron chi connectivity index (χ2n) is 7.41. The van der Waals surface area contributed by atoms with Gasteiger partial charge < -0.3 is 5.11 Å². The number of aromatic nitrogens is 1. The monoisotopic (exact) mass is 422 g/mol. The smallest absolute Gasteiger partial charge is 0.278 e. The van der Waals surface area contributed by atoms with E-state index in [9.17, 15) is 9.90 Å². The van der Waals surface area contributed by atoms with E-state index in [2.05, 4.69) is 10.2 Å². The minimum atomic E-state index is -0.369. The Balaban J connectivity index is 1.79. The van der Waals surface area contributed by atoms with E-state index >= 15 is 0 Å². The molecule has 158 valence electrons. The number of hydrazone groups is 1. The third-order valence-corrected chi connectivity index (χ3v) is 4.86. The van der Waals surface area contributed by atoms with Crippen LogP contribution in [0.5, 0.6) is 0 Å². The molecule has 3 aromatic rings. The van der Waals surface area contributed by atoms with Crippen molar-refractivity contribution in [3.05, 3.63) is 125 Å². The number of nitrogens with zero attached hydrogens (tertiary/aromatic N) is 4. The second kappa shape index (κ2) is 9.22. The third kappa shape index (κ3) is 4.70. The number of benzene rings is 2. The van der Waals surface area contributed by atoms with Crippen molar-refractivity contribution < 1.29 is 14.6 Å². The highest BCUT2D eigenvalue weighted by molar-refractivity contribution is 6.08. The summed E-state index contributed by atoms with van der Waals surface area (Å²) in [6, 6.07) is 21.6. The SMILES string of the molecule is CC1=CC(c2cc(C)cc[n+]2N=C([O-])c2ccccc2)=NN(C(=O)c2ccccc2)C=C1. The van der Waals surface area contributed by atoms with Crippen molar-refractivity contribution in [3.8, 4) is 0 Å². The van der Waals surface area contributed by atoms with Crippen LogP contribution >= 0.6 is 0 Å². The van der Waals surface area contributed by atoms with E-state index in [4.69, 9.17) is 0 Å². The van der Waals surface area contributed by atoms with Gasteiger partial charge in [-0.1, -0.05) is 53.2 Å². The summed E-state index contributed by atoms with van der Waals surface area (Å²) < 4.78 is 1.50. The van der Waals surface area contributed by atoms with Gasteiger partial charge in [-0.3, -0.25) is 4.79 Å². The first-order chi connectivity index (χ1) is 15.5. The number of carbonyl (C=O) groups is 1. The lowest BCUT2D eigenvalue weighted by Crippen LogP contribution is -2.39. The molecule has 0 atom stereocenters. The summed E-state index contributed by atoms with van der Waals surface area (Å²) in [4.78, 5) is 13.0. The number of aryl methyl sites for hydroxylation is 1. The highest BCUT2D eigenvalue weighted by Crippen LogP contribution is 2.14. The van der Waals surface area contributed by atoms with E-state index in [1.54, 1.807) is 48.8 Å². The van der Waals surface area contributed by atoms with Gasteiger partial charge in [-0.15, -0.1) is 0 Å². The molecule has 1 aromatic heterocycles. The molecule has 0 unspecified atom stereocenters. The van der Waals surface area contributed by atoms with Gasteiger partial charge in [-0.25, -0.2) is 5.01 Å². The molecule has 1 aliphatic heterocycles. The van der Waals surface area contributed by atoms with Gasteiger partial charge in [0.25, 0.3) is 11.6 Å². The molecule has 2 aromatic carbocycles. The topological polar surface area (TPSA) is 72.0 Å². The van der Waals surface area contributed by atoms with E-state index in [-0.39, 0.29) is 11.8 Å². The van der Waals surface area contributed by atoms with E-state index in [0.717, 1.165) is 11.1 Å². The fourth-order valence-corrected chi connectivity index (χ4v) is 3.19. The standard InChI is InChI=1S/C26H22N4O2/c1-19-14-16-30(26(32)22-11-7-4-8-12-22)27-23(17-19)24-18-20(2)13-15-29(24)28-25(31)21-9-5-3-6-10-21/h3-18H,1-2H3. The minimum Gasteiger partial charge on any atom is -0.854 e. The first-order valence-corrected chi connectivity index (χ1v) is 10.2. The maximum atomic E-state index is 13.0. The maximum absolute atomic E-state index is 13.0. The van der Waals surface area contributed by atoms with Crippen molar-refractivity contribution in [1.29, 1.82) is 0 Å². The van der Waals surface area contributed by atoms with Gasteiger partial charge >= 0.3 is 0 Å². The summed E-state index contributed by atoms with van der Waals surface area (Å²) >= 11 is 0. The zero-order valence-corrected chi connectivity index (χ0v) is 17.8. The predicted octanol–water partition coefficient (Wildman–Crippen LogP) is 3.17. The minimum absolute atomic E-state index is 0.251. The molecule has 1 aliphatic rings. The summed E-state index contributed by atoms with van der Waals surface area (Å²) in [5.41, 5.74) is 4.03. The molecule has 0 saturated carbocycles. The molecular formula is C26H22N4O2. The van der Waals surface area contributed by atoms with Gasteiger partial charge in [0, 0.05) is 23.9 Å². The lowest BCUT2D eigenvalue weighted by molar-refractivity contribution is -0.682. The molecule has 32 heavy (non-hydrogen) atoms. The van der Waals surface area contributed by atoms with Gasteiger partial charge in [0.1, 0.15) is 0 Å². The summed E-state index contributed by atoms with van der Waals surface area (Å²) in [6.07, 6.45) is 7.05. The number of amides is 1. The van der Waals surface area contributed by atoms with Crippen LogP contribution in [0.2, 0.25) is 0 Å². The van der Waals surface area contributed by atoms with Gasteiger partial charge in [-0.2, -0.15) is 5.10 Å². The Labute approximate surface area is 186 Å². The zero-order chi connectivity index (χ0) is 22.5. The Kier molecular flexibility index (Phi) is 6.03. The number of hydrogen-bond donors (Lipinski definition) is 0. The van der Waals surface area contributed by atoms with Crippen molar-refractivity contribution in [2.75, 3.05) is 0 Å². The fourth-order valence-electron chi connectivity index (χ4n) is 3.19. The van der Waals surface area contributed by atoms with Crippen LogP contribution in [0.4, 0.5) is 0 Å². The van der Waals surface area contributed by atoms with Gasteiger partial charge in [0.05, 0.1) is 5.90 Å². The molecule has 4 rings (SSSR count). The van der Waals surface area contributed by atoms with Crippen LogP contribution < -0.4 is 9.78 Å². The molecule has 0 saturated heterocycles. The lowest BCUT2D eigenvalue weighted by Gasteiger charge is -2.13. The molecule has 2 heterocycles. The highest BCUT2D eigenvalue weighted by Gasteiger charge is 2.22. The molecule has 0 N–H and O–H groups in total. The number of hydrogen-bond acceptors (Lipinski definition) is 4. The molecule has 0 aliphatic carbocycles. The van der Waals surface area contributed by atoms with Crippen molar-refractivity contribution in [2.24, 2.45) is 10.2 Å². The average molecular weight is 422 g/mol. The van der Waals surface area contributed by atoms with E-state index < -0.39 is 0 Å². The number of carbonyl (C=O) groups excluding carboxylic acids is 1. The molecule has 0 spiro atoms. The summed E-state index contributed by atoms with van der Waals surface area (Å²) in [5, 5.41) is 22.9. The largest absolute Gasteiger partial charge is 0.854 e.